The zero-order valence-electron chi connectivity index (χ0n) is 14.4. The molecule has 3 atom stereocenters. The number of amides is 1. The number of alkyl halides is 3. The third-order valence-electron chi connectivity index (χ3n) is 5.86. The number of likely N-dealkylation sites (tertiary alicyclic amines) is 1. The van der Waals surface area contributed by atoms with E-state index in [2.05, 4.69) is 0 Å². The molecular formula is C20H18F3NO3. The van der Waals surface area contributed by atoms with Gasteiger partial charge >= 0.3 is 12.1 Å². The van der Waals surface area contributed by atoms with Gasteiger partial charge in [-0.05, 0) is 35.1 Å². The van der Waals surface area contributed by atoms with Crippen molar-refractivity contribution in [2.75, 3.05) is 13.1 Å². The Morgan fingerprint density at radius 2 is 1.81 bits per heavy atom. The number of halogens is 3. The fraction of sp³-hybridized carbons (Fsp3) is 0.400. The smallest absolute Gasteiger partial charge is 0.406 e. The van der Waals surface area contributed by atoms with Crippen LogP contribution in [-0.2, 0) is 9.59 Å². The molecule has 2 aromatic carbocycles. The second-order valence-corrected chi connectivity index (χ2v) is 7.41. The topological polar surface area (TPSA) is 57.6 Å². The molecule has 7 heteroatoms. The van der Waals surface area contributed by atoms with Gasteiger partial charge in [0, 0.05) is 19.0 Å². The van der Waals surface area contributed by atoms with Gasteiger partial charge in [0.1, 0.15) is 0 Å². The van der Waals surface area contributed by atoms with Gasteiger partial charge in [-0.2, -0.15) is 13.2 Å². The Bertz CT molecular complexity index is 921. The zero-order valence-corrected chi connectivity index (χ0v) is 14.4. The Labute approximate surface area is 153 Å². The van der Waals surface area contributed by atoms with E-state index < -0.39 is 30.5 Å². The summed E-state index contributed by atoms with van der Waals surface area (Å²) in [7, 11) is 0. The quantitative estimate of drug-likeness (QED) is 0.885. The molecule has 1 heterocycles. The van der Waals surface area contributed by atoms with Crippen molar-refractivity contribution >= 4 is 22.6 Å². The van der Waals surface area contributed by atoms with Crippen molar-refractivity contribution in [1.29, 1.82) is 0 Å². The first-order valence-electron chi connectivity index (χ1n) is 8.81. The van der Waals surface area contributed by atoms with Crippen molar-refractivity contribution in [3.8, 4) is 0 Å². The Morgan fingerprint density at radius 1 is 1.11 bits per heavy atom. The van der Waals surface area contributed by atoms with Crippen LogP contribution in [0.1, 0.15) is 24.3 Å². The molecule has 4 rings (SSSR count). The largest absolute Gasteiger partial charge is 0.481 e. The number of nitrogens with zero attached hydrogens (tertiary/aromatic N) is 1. The highest BCUT2D eigenvalue weighted by Crippen LogP contribution is 2.52. The average molecular weight is 377 g/mol. The van der Waals surface area contributed by atoms with Crippen molar-refractivity contribution in [3.63, 3.8) is 0 Å². The van der Waals surface area contributed by atoms with Gasteiger partial charge in [-0.15, -0.1) is 0 Å². The van der Waals surface area contributed by atoms with Gasteiger partial charge in [-0.3, -0.25) is 9.59 Å². The highest BCUT2D eigenvalue weighted by atomic mass is 19.4. The molecule has 1 amide bonds. The molecule has 2 fully saturated rings. The fourth-order valence-corrected chi connectivity index (χ4v) is 4.15. The number of aliphatic carboxylic acids is 1. The van der Waals surface area contributed by atoms with Gasteiger partial charge in [-0.25, -0.2) is 0 Å². The molecule has 2 aromatic rings. The molecule has 1 saturated carbocycles. The lowest BCUT2D eigenvalue weighted by Crippen LogP contribution is -2.48. The SMILES string of the molecule is O=C(C1CC1c1cccc2ccccc12)N1CCC(C(=O)O)(C(F)(F)F)C1. The molecule has 27 heavy (non-hydrogen) atoms. The van der Waals surface area contributed by atoms with E-state index in [0.29, 0.717) is 6.42 Å². The monoisotopic (exact) mass is 377 g/mol. The van der Waals surface area contributed by atoms with E-state index in [1.165, 1.54) is 0 Å². The van der Waals surface area contributed by atoms with E-state index >= 15 is 0 Å². The third-order valence-corrected chi connectivity index (χ3v) is 5.86. The maximum absolute atomic E-state index is 13.3. The first-order chi connectivity index (χ1) is 12.7. The van der Waals surface area contributed by atoms with E-state index in [4.69, 9.17) is 5.11 Å². The summed E-state index contributed by atoms with van der Waals surface area (Å²) in [6.07, 6.45) is -4.90. The number of benzene rings is 2. The summed E-state index contributed by atoms with van der Waals surface area (Å²) in [5.41, 5.74) is -1.84. The maximum atomic E-state index is 13.3. The van der Waals surface area contributed by atoms with Gasteiger partial charge in [0.15, 0.2) is 5.41 Å². The lowest BCUT2D eigenvalue weighted by Gasteiger charge is -2.27. The fourth-order valence-electron chi connectivity index (χ4n) is 4.15. The second-order valence-electron chi connectivity index (χ2n) is 7.41. The summed E-state index contributed by atoms with van der Waals surface area (Å²) in [6.45, 7) is -0.979. The van der Waals surface area contributed by atoms with Crippen molar-refractivity contribution < 1.29 is 27.9 Å². The van der Waals surface area contributed by atoms with Crippen LogP contribution in [0.15, 0.2) is 42.5 Å². The van der Waals surface area contributed by atoms with Crippen LogP contribution >= 0.6 is 0 Å². The van der Waals surface area contributed by atoms with Crippen molar-refractivity contribution in [3.05, 3.63) is 48.0 Å². The number of carboxylic acid groups (broad SMARTS) is 1. The molecule has 0 radical (unpaired) electrons. The summed E-state index contributed by atoms with van der Waals surface area (Å²) in [4.78, 5) is 25.1. The highest BCUT2D eigenvalue weighted by Gasteiger charge is 2.65. The van der Waals surface area contributed by atoms with Crippen LogP contribution in [0.3, 0.4) is 0 Å². The minimum absolute atomic E-state index is 0.0330. The number of carbonyl (C=O) groups excluding carboxylic acids is 1. The number of carboxylic acids is 1. The average Bonchev–Trinajstić information content (AvgIpc) is 3.27. The first kappa shape index (κ1) is 17.8. The summed E-state index contributed by atoms with van der Waals surface area (Å²) in [6, 6.07) is 13.6. The lowest BCUT2D eigenvalue weighted by molar-refractivity contribution is -0.227. The number of hydrogen-bond acceptors (Lipinski definition) is 2. The molecule has 3 unspecified atom stereocenters. The Balaban J connectivity index is 1.53. The predicted octanol–water partition coefficient (Wildman–Crippen LogP) is 3.81. The Morgan fingerprint density at radius 3 is 2.48 bits per heavy atom. The normalized spacial score (nSPS) is 27.7. The van der Waals surface area contributed by atoms with Crippen molar-refractivity contribution in [2.24, 2.45) is 11.3 Å². The van der Waals surface area contributed by atoms with Crippen LogP contribution in [-0.4, -0.2) is 41.1 Å². The van der Waals surface area contributed by atoms with Crippen LogP contribution in [0.2, 0.25) is 0 Å². The third kappa shape index (κ3) is 2.76. The van der Waals surface area contributed by atoms with Gasteiger partial charge < -0.3 is 10.0 Å². The van der Waals surface area contributed by atoms with Gasteiger partial charge in [0.25, 0.3) is 0 Å². The number of hydrogen-bond donors (Lipinski definition) is 1. The van der Waals surface area contributed by atoms with Crippen LogP contribution in [0.5, 0.6) is 0 Å². The van der Waals surface area contributed by atoms with E-state index in [1.54, 1.807) is 0 Å². The maximum Gasteiger partial charge on any atom is 0.406 e. The number of fused-ring (bicyclic) bond motifs is 1. The summed E-state index contributed by atoms with van der Waals surface area (Å²) in [5.74, 6) is -2.70. The molecule has 142 valence electrons. The van der Waals surface area contributed by atoms with E-state index in [9.17, 15) is 22.8 Å². The molecule has 0 bridgehead atoms. The van der Waals surface area contributed by atoms with Gasteiger partial charge in [0.05, 0.1) is 0 Å². The van der Waals surface area contributed by atoms with Gasteiger partial charge in [0.2, 0.25) is 5.91 Å². The second kappa shape index (κ2) is 5.97. The predicted molar refractivity (Wildman–Crippen MR) is 92.1 cm³/mol. The molecular weight excluding hydrogens is 359 g/mol. The number of rotatable bonds is 3. The molecule has 4 nitrogen and oxygen atoms in total. The van der Waals surface area contributed by atoms with Crippen molar-refractivity contribution in [1.82, 2.24) is 4.90 Å². The summed E-state index contributed by atoms with van der Waals surface area (Å²) >= 11 is 0. The van der Waals surface area contributed by atoms with E-state index in [-0.39, 0.29) is 24.3 Å². The molecule has 1 aliphatic heterocycles. The molecule has 0 aromatic heterocycles. The zero-order chi connectivity index (χ0) is 19.4. The number of carbonyl (C=O) groups is 2. The van der Waals surface area contributed by atoms with Crippen LogP contribution in [0.25, 0.3) is 10.8 Å². The van der Waals surface area contributed by atoms with Crippen molar-refractivity contribution in [2.45, 2.75) is 24.9 Å². The van der Waals surface area contributed by atoms with Crippen LogP contribution in [0, 0.1) is 11.3 Å². The Kier molecular flexibility index (Phi) is 3.94. The minimum Gasteiger partial charge on any atom is -0.481 e. The molecule has 1 N–H and O–H groups in total. The standard InChI is InChI=1S/C20H18F3NO3/c21-20(22,23)19(18(26)27)8-9-24(11-19)17(25)16-10-15(16)14-7-3-5-12-4-1-2-6-13(12)14/h1-7,15-16H,8-11H2,(H,26,27). The van der Waals surface area contributed by atoms with Gasteiger partial charge in [-0.1, -0.05) is 42.5 Å². The first-order valence-corrected chi connectivity index (χ1v) is 8.81. The lowest BCUT2D eigenvalue weighted by atomic mass is 9.86. The molecule has 2 aliphatic rings. The Hall–Kier alpha value is -2.57. The highest BCUT2D eigenvalue weighted by molar-refractivity contribution is 5.90. The summed E-state index contributed by atoms with van der Waals surface area (Å²) < 4.78 is 40.0. The van der Waals surface area contributed by atoms with Crippen LogP contribution < -0.4 is 0 Å². The van der Waals surface area contributed by atoms with E-state index in [0.717, 1.165) is 21.2 Å². The molecule has 1 saturated heterocycles. The molecule has 1 aliphatic carbocycles. The van der Waals surface area contributed by atoms with Crippen LogP contribution in [0.4, 0.5) is 13.2 Å². The molecule has 0 spiro atoms. The summed E-state index contributed by atoms with van der Waals surface area (Å²) in [5, 5.41) is 11.2. The van der Waals surface area contributed by atoms with E-state index in [1.807, 2.05) is 42.5 Å². The minimum atomic E-state index is -4.88.